The third-order valence-electron chi connectivity index (χ3n) is 4.85. The molecule has 128 valence electrons. The Kier molecular flexibility index (Phi) is 5.44. The van der Waals surface area contributed by atoms with Crippen LogP contribution < -0.4 is 10.6 Å². The Morgan fingerprint density at radius 2 is 1.87 bits per heavy atom. The van der Waals surface area contributed by atoms with E-state index in [1.807, 2.05) is 27.8 Å². The maximum Gasteiger partial charge on any atom is 0.245 e. The second kappa shape index (κ2) is 7.15. The number of hydrogen-bond donors (Lipinski definition) is 2. The van der Waals surface area contributed by atoms with Crippen LogP contribution in [0.3, 0.4) is 0 Å². The van der Waals surface area contributed by atoms with Crippen molar-refractivity contribution in [1.29, 1.82) is 0 Å². The van der Waals surface area contributed by atoms with Crippen molar-refractivity contribution in [3.8, 4) is 0 Å². The van der Waals surface area contributed by atoms with Crippen LogP contribution in [0.5, 0.6) is 0 Å². The number of carbonyl (C=O) groups is 2. The fourth-order valence-corrected chi connectivity index (χ4v) is 3.44. The van der Waals surface area contributed by atoms with Gasteiger partial charge in [0, 0.05) is 24.8 Å². The van der Waals surface area contributed by atoms with Crippen molar-refractivity contribution >= 4 is 11.8 Å². The largest absolute Gasteiger partial charge is 0.354 e. The first-order chi connectivity index (χ1) is 10.9. The normalized spacial score (nSPS) is 16.9. The van der Waals surface area contributed by atoms with E-state index < -0.39 is 5.54 Å². The van der Waals surface area contributed by atoms with Crippen molar-refractivity contribution in [3.05, 3.63) is 17.0 Å². The van der Waals surface area contributed by atoms with Gasteiger partial charge in [-0.05, 0) is 33.6 Å². The van der Waals surface area contributed by atoms with Crippen LogP contribution in [0.2, 0.25) is 0 Å². The lowest BCUT2D eigenvalue weighted by atomic mass is 9.80. The topological polar surface area (TPSA) is 76.0 Å². The molecule has 1 saturated carbocycles. The standard InChI is InChI=1S/C17H28N4O2/c1-5-18-16(23)17(9-7-6-8-10-17)19-15(22)11-14-12(2)20-21(4)13(14)3/h5-11H2,1-4H3,(H,18,23)(H,19,22). The van der Waals surface area contributed by atoms with Gasteiger partial charge in [0.05, 0.1) is 12.1 Å². The molecule has 1 aromatic rings. The van der Waals surface area contributed by atoms with E-state index in [0.29, 0.717) is 6.54 Å². The number of carbonyl (C=O) groups excluding carboxylic acids is 2. The lowest BCUT2D eigenvalue weighted by Gasteiger charge is -2.36. The van der Waals surface area contributed by atoms with E-state index in [1.165, 1.54) is 0 Å². The molecule has 1 fully saturated rings. The third kappa shape index (κ3) is 3.74. The average molecular weight is 320 g/mol. The van der Waals surface area contributed by atoms with Crippen molar-refractivity contribution in [3.63, 3.8) is 0 Å². The molecule has 1 heterocycles. The van der Waals surface area contributed by atoms with Crippen molar-refractivity contribution in [2.45, 2.75) is 64.8 Å². The second-order valence-corrected chi connectivity index (χ2v) is 6.50. The molecule has 2 rings (SSSR count). The molecule has 0 radical (unpaired) electrons. The molecule has 2 amide bonds. The highest BCUT2D eigenvalue weighted by Gasteiger charge is 2.40. The zero-order valence-corrected chi connectivity index (χ0v) is 14.7. The van der Waals surface area contributed by atoms with Gasteiger partial charge >= 0.3 is 0 Å². The molecular weight excluding hydrogens is 292 g/mol. The number of nitrogens with zero attached hydrogens (tertiary/aromatic N) is 2. The molecule has 0 unspecified atom stereocenters. The van der Waals surface area contributed by atoms with Gasteiger partial charge in [-0.2, -0.15) is 5.10 Å². The van der Waals surface area contributed by atoms with Crippen molar-refractivity contribution < 1.29 is 9.59 Å². The highest BCUT2D eigenvalue weighted by Crippen LogP contribution is 2.29. The minimum absolute atomic E-state index is 0.0484. The van der Waals surface area contributed by atoms with Gasteiger partial charge in [-0.25, -0.2) is 0 Å². The van der Waals surface area contributed by atoms with Crippen LogP contribution in [-0.2, 0) is 23.1 Å². The summed E-state index contributed by atoms with van der Waals surface area (Å²) in [5, 5.41) is 10.3. The molecule has 0 spiro atoms. The number of aromatic nitrogens is 2. The van der Waals surface area contributed by atoms with E-state index in [1.54, 1.807) is 4.68 Å². The number of hydrogen-bond acceptors (Lipinski definition) is 3. The summed E-state index contributed by atoms with van der Waals surface area (Å²) in [6.07, 6.45) is 4.78. The van der Waals surface area contributed by atoms with Crippen molar-refractivity contribution in [2.75, 3.05) is 6.54 Å². The van der Waals surface area contributed by atoms with Gasteiger partial charge in [0.1, 0.15) is 5.54 Å². The summed E-state index contributed by atoms with van der Waals surface area (Å²) < 4.78 is 1.79. The van der Waals surface area contributed by atoms with Crippen LogP contribution in [0.4, 0.5) is 0 Å². The zero-order chi connectivity index (χ0) is 17.0. The third-order valence-corrected chi connectivity index (χ3v) is 4.85. The first-order valence-corrected chi connectivity index (χ1v) is 8.48. The summed E-state index contributed by atoms with van der Waals surface area (Å²) >= 11 is 0. The molecule has 2 N–H and O–H groups in total. The van der Waals surface area contributed by atoms with Gasteiger partial charge in [-0.15, -0.1) is 0 Å². The summed E-state index contributed by atoms with van der Waals surface area (Å²) in [5.74, 6) is -0.148. The van der Waals surface area contributed by atoms with E-state index in [9.17, 15) is 9.59 Å². The first kappa shape index (κ1) is 17.5. The Hall–Kier alpha value is -1.85. The monoisotopic (exact) mass is 320 g/mol. The van der Waals surface area contributed by atoms with Crippen LogP contribution in [0.15, 0.2) is 0 Å². The summed E-state index contributed by atoms with van der Waals surface area (Å²) in [6.45, 7) is 6.36. The highest BCUT2D eigenvalue weighted by atomic mass is 16.2. The molecule has 23 heavy (non-hydrogen) atoms. The van der Waals surface area contributed by atoms with Crippen molar-refractivity contribution in [1.82, 2.24) is 20.4 Å². The summed E-state index contributed by atoms with van der Waals surface area (Å²) in [4.78, 5) is 25.1. The molecule has 6 heteroatoms. The van der Waals surface area contributed by atoms with Crippen LogP contribution in [0, 0.1) is 13.8 Å². The average Bonchev–Trinajstić information content (AvgIpc) is 2.75. The number of rotatable bonds is 5. The van der Waals surface area contributed by atoms with Gasteiger partial charge in [-0.3, -0.25) is 14.3 Å². The summed E-state index contributed by atoms with van der Waals surface area (Å²) in [6, 6.07) is 0. The van der Waals surface area contributed by atoms with Gasteiger partial charge in [0.2, 0.25) is 11.8 Å². The number of likely N-dealkylation sites (N-methyl/N-ethyl adjacent to an activating group) is 1. The van der Waals surface area contributed by atoms with E-state index in [4.69, 9.17) is 0 Å². The molecule has 1 aromatic heterocycles. The maximum atomic E-state index is 12.6. The molecule has 0 atom stereocenters. The smallest absolute Gasteiger partial charge is 0.245 e. The zero-order valence-electron chi connectivity index (χ0n) is 14.7. The Morgan fingerprint density at radius 3 is 2.39 bits per heavy atom. The lowest BCUT2D eigenvalue weighted by Crippen LogP contribution is -2.60. The van der Waals surface area contributed by atoms with Gasteiger partial charge < -0.3 is 10.6 Å². The molecule has 6 nitrogen and oxygen atoms in total. The van der Waals surface area contributed by atoms with Crippen molar-refractivity contribution in [2.24, 2.45) is 7.05 Å². The Morgan fingerprint density at radius 1 is 1.22 bits per heavy atom. The van der Waals surface area contributed by atoms with Crippen LogP contribution in [0.25, 0.3) is 0 Å². The van der Waals surface area contributed by atoms with Crippen LogP contribution >= 0.6 is 0 Å². The van der Waals surface area contributed by atoms with E-state index in [0.717, 1.165) is 49.1 Å². The fraction of sp³-hybridized carbons (Fsp3) is 0.706. The van der Waals surface area contributed by atoms with Crippen LogP contribution in [-0.4, -0.2) is 33.7 Å². The molecular formula is C17H28N4O2. The quantitative estimate of drug-likeness (QED) is 0.864. The van der Waals surface area contributed by atoms with E-state index in [2.05, 4.69) is 15.7 Å². The number of amides is 2. The maximum absolute atomic E-state index is 12.6. The van der Waals surface area contributed by atoms with Gasteiger partial charge in [0.15, 0.2) is 0 Å². The van der Waals surface area contributed by atoms with E-state index in [-0.39, 0.29) is 18.2 Å². The first-order valence-electron chi connectivity index (χ1n) is 8.48. The van der Waals surface area contributed by atoms with Gasteiger partial charge in [0.25, 0.3) is 0 Å². The number of aryl methyl sites for hydroxylation is 2. The summed E-state index contributed by atoms with van der Waals surface area (Å²) in [5.41, 5.74) is 2.08. The molecule has 0 bridgehead atoms. The Bertz CT molecular complexity index is 586. The highest BCUT2D eigenvalue weighted by molar-refractivity contribution is 5.92. The van der Waals surface area contributed by atoms with Gasteiger partial charge in [-0.1, -0.05) is 19.3 Å². The SMILES string of the molecule is CCNC(=O)C1(NC(=O)Cc2c(C)nn(C)c2C)CCCCC1. The fourth-order valence-electron chi connectivity index (χ4n) is 3.44. The predicted molar refractivity (Wildman–Crippen MR) is 89.0 cm³/mol. The molecule has 0 aliphatic heterocycles. The molecule has 0 saturated heterocycles. The number of nitrogens with one attached hydrogen (secondary N) is 2. The Balaban J connectivity index is 2.13. The Labute approximate surface area is 138 Å². The molecule has 1 aliphatic rings. The summed E-state index contributed by atoms with van der Waals surface area (Å²) in [7, 11) is 1.88. The molecule has 0 aromatic carbocycles. The predicted octanol–water partition coefficient (Wildman–Crippen LogP) is 1.53. The van der Waals surface area contributed by atoms with Crippen LogP contribution in [0.1, 0.15) is 56.0 Å². The second-order valence-electron chi connectivity index (χ2n) is 6.50. The molecule has 1 aliphatic carbocycles. The minimum atomic E-state index is -0.741. The minimum Gasteiger partial charge on any atom is -0.354 e. The van der Waals surface area contributed by atoms with E-state index >= 15 is 0 Å². The lowest BCUT2D eigenvalue weighted by molar-refractivity contribution is -0.134.